The molecule has 2 aliphatic heterocycles. The highest BCUT2D eigenvalue weighted by molar-refractivity contribution is 7.09. The van der Waals surface area contributed by atoms with Gasteiger partial charge in [0.15, 0.2) is 0 Å². The number of nitrogens with zero attached hydrogens (tertiary/aromatic N) is 5. The lowest BCUT2D eigenvalue weighted by molar-refractivity contribution is -0.127. The molecule has 1 N–H and O–H groups in total. The molecule has 0 radical (unpaired) electrons. The number of amides is 1. The van der Waals surface area contributed by atoms with Gasteiger partial charge in [0.2, 0.25) is 11.9 Å². The Hall–Kier alpha value is -3.07. The van der Waals surface area contributed by atoms with E-state index in [1.54, 1.807) is 40.4 Å². The molecule has 0 aromatic carbocycles. The van der Waals surface area contributed by atoms with Crippen molar-refractivity contribution in [3.05, 3.63) is 68.8 Å². The summed E-state index contributed by atoms with van der Waals surface area (Å²) in [6.45, 7) is 3.67. The molecule has 0 unspecified atom stereocenters. The van der Waals surface area contributed by atoms with Gasteiger partial charge in [0.1, 0.15) is 6.04 Å². The molecule has 3 aromatic heterocycles. The Labute approximate surface area is 177 Å². The van der Waals surface area contributed by atoms with Crippen LogP contribution in [0.1, 0.15) is 34.8 Å². The molecule has 2 bridgehead atoms. The zero-order valence-corrected chi connectivity index (χ0v) is 17.4. The van der Waals surface area contributed by atoms with E-state index in [9.17, 15) is 9.59 Å². The summed E-state index contributed by atoms with van der Waals surface area (Å²) >= 11 is 1.56. The van der Waals surface area contributed by atoms with E-state index in [1.165, 1.54) is 6.07 Å². The number of piperidine rings is 1. The summed E-state index contributed by atoms with van der Waals surface area (Å²) in [7, 11) is 0. The van der Waals surface area contributed by atoms with Crippen LogP contribution in [0.2, 0.25) is 0 Å². The van der Waals surface area contributed by atoms with Gasteiger partial charge in [-0.3, -0.25) is 14.2 Å². The van der Waals surface area contributed by atoms with Gasteiger partial charge in [0, 0.05) is 54.5 Å². The summed E-state index contributed by atoms with van der Waals surface area (Å²) in [5.41, 5.74) is 1.61. The second kappa shape index (κ2) is 7.64. The first kappa shape index (κ1) is 18.9. The summed E-state index contributed by atoms with van der Waals surface area (Å²) in [6.07, 6.45) is 4.32. The van der Waals surface area contributed by atoms with Gasteiger partial charge in [-0.2, -0.15) is 0 Å². The Morgan fingerprint density at radius 1 is 1.23 bits per heavy atom. The lowest BCUT2D eigenvalue weighted by Crippen LogP contribution is -2.53. The Balaban J connectivity index is 1.47. The van der Waals surface area contributed by atoms with Gasteiger partial charge in [0.05, 0.1) is 17.2 Å². The fraction of sp³-hybridized carbons (Fsp3) is 0.381. The van der Waals surface area contributed by atoms with E-state index in [1.807, 2.05) is 18.4 Å². The third-order valence-corrected chi connectivity index (χ3v) is 6.68. The predicted octanol–water partition coefficient (Wildman–Crippen LogP) is 1.88. The van der Waals surface area contributed by atoms with E-state index in [2.05, 4.69) is 25.2 Å². The van der Waals surface area contributed by atoms with Crippen LogP contribution in [0.5, 0.6) is 0 Å². The minimum Gasteiger partial charge on any atom is -0.349 e. The van der Waals surface area contributed by atoms with Crippen LogP contribution in [-0.2, 0) is 11.3 Å². The van der Waals surface area contributed by atoms with Crippen LogP contribution >= 0.6 is 11.3 Å². The van der Waals surface area contributed by atoms with Gasteiger partial charge < -0.3 is 10.2 Å². The average Bonchev–Trinajstić information content (AvgIpc) is 3.18. The van der Waals surface area contributed by atoms with E-state index in [4.69, 9.17) is 0 Å². The number of carbonyl (C=O) groups is 1. The zero-order valence-electron chi connectivity index (χ0n) is 16.6. The number of anilines is 1. The number of carbonyl (C=O) groups excluding carboxylic acids is 1. The van der Waals surface area contributed by atoms with E-state index >= 15 is 0 Å². The molecule has 2 aliphatic rings. The van der Waals surface area contributed by atoms with Gasteiger partial charge in [-0.05, 0) is 25.5 Å². The Bertz CT molecular complexity index is 1130. The number of aromatic nitrogens is 4. The summed E-state index contributed by atoms with van der Waals surface area (Å²) in [4.78, 5) is 41.4. The fourth-order valence-corrected chi connectivity index (χ4v) is 5.27. The standard InChI is InChI=1S/C21H22N6O2S/c1-13-25-16(12-30-13)9-24-20(29)19-15-8-14(17-4-2-5-18(28)27(17)19)10-26(11-15)21-22-6-3-7-23-21/h2-7,12,14-15,19H,8-11H2,1H3,(H,24,29)/t14-,15+,19-/m1/s1. The van der Waals surface area contributed by atoms with Gasteiger partial charge in [-0.1, -0.05) is 6.07 Å². The highest BCUT2D eigenvalue weighted by Crippen LogP contribution is 2.41. The van der Waals surface area contributed by atoms with Crippen LogP contribution in [-0.4, -0.2) is 38.5 Å². The van der Waals surface area contributed by atoms with E-state index in [0.717, 1.165) is 29.4 Å². The van der Waals surface area contributed by atoms with Crippen molar-refractivity contribution in [1.82, 2.24) is 24.8 Å². The molecular formula is C21H22N6O2S. The van der Waals surface area contributed by atoms with Crippen LogP contribution in [0.25, 0.3) is 0 Å². The number of thiazole rings is 1. The number of fused-ring (bicyclic) bond motifs is 4. The molecule has 9 heteroatoms. The minimum absolute atomic E-state index is 0.00248. The summed E-state index contributed by atoms with van der Waals surface area (Å²) in [5.74, 6) is 0.675. The van der Waals surface area contributed by atoms with Gasteiger partial charge in [-0.15, -0.1) is 11.3 Å². The van der Waals surface area contributed by atoms with Crippen LogP contribution in [0, 0.1) is 12.8 Å². The average molecular weight is 423 g/mol. The summed E-state index contributed by atoms with van der Waals surface area (Å²) < 4.78 is 1.70. The maximum absolute atomic E-state index is 13.3. The molecule has 5 heterocycles. The molecule has 1 amide bonds. The highest BCUT2D eigenvalue weighted by Gasteiger charge is 2.44. The zero-order chi connectivity index (χ0) is 20.7. The number of hydrogen-bond acceptors (Lipinski definition) is 7. The van der Waals surface area contributed by atoms with Crippen LogP contribution in [0.4, 0.5) is 5.95 Å². The summed E-state index contributed by atoms with van der Waals surface area (Å²) in [5, 5.41) is 5.91. The third kappa shape index (κ3) is 3.39. The quantitative estimate of drug-likeness (QED) is 0.690. The predicted molar refractivity (Wildman–Crippen MR) is 114 cm³/mol. The second-order valence-corrected chi connectivity index (χ2v) is 8.89. The van der Waals surface area contributed by atoms with Gasteiger partial charge >= 0.3 is 0 Å². The van der Waals surface area contributed by atoms with Crippen LogP contribution in [0.3, 0.4) is 0 Å². The van der Waals surface area contributed by atoms with Crippen molar-refractivity contribution >= 4 is 23.2 Å². The second-order valence-electron chi connectivity index (χ2n) is 7.83. The maximum Gasteiger partial charge on any atom is 0.251 e. The van der Waals surface area contributed by atoms with Crippen LogP contribution < -0.4 is 15.8 Å². The topological polar surface area (TPSA) is 93.0 Å². The van der Waals surface area contributed by atoms with Crippen molar-refractivity contribution < 1.29 is 4.79 Å². The molecule has 154 valence electrons. The lowest BCUT2D eigenvalue weighted by atomic mass is 9.78. The van der Waals surface area contributed by atoms with Crippen molar-refractivity contribution in [2.24, 2.45) is 5.92 Å². The summed E-state index contributed by atoms with van der Waals surface area (Å²) in [6, 6.07) is 6.50. The SMILES string of the molecule is Cc1nc(CNC(=O)[C@H]2[C@H]3C[C@H](CN(c4ncccn4)C3)c3cccc(=O)n32)cs1. The van der Waals surface area contributed by atoms with Crippen molar-refractivity contribution in [2.75, 3.05) is 18.0 Å². The third-order valence-electron chi connectivity index (χ3n) is 5.86. The number of pyridine rings is 1. The Kier molecular flexibility index (Phi) is 4.82. The van der Waals surface area contributed by atoms with Crippen molar-refractivity contribution in [3.8, 4) is 0 Å². The molecule has 1 fully saturated rings. The molecule has 1 saturated heterocycles. The number of aryl methyl sites for hydroxylation is 1. The molecule has 0 aliphatic carbocycles. The Morgan fingerprint density at radius 3 is 2.83 bits per heavy atom. The van der Waals surface area contributed by atoms with Crippen LogP contribution in [0.15, 0.2) is 46.8 Å². The van der Waals surface area contributed by atoms with E-state index < -0.39 is 6.04 Å². The molecule has 5 rings (SSSR count). The highest BCUT2D eigenvalue weighted by atomic mass is 32.1. The number of nitrogens with one attached hydrogen (secondary N) is 1. The first-order valence-electron chi connectivity index (χ1n) is 10.0. The van der Waals surface area contributed by atoms with Crippen molar-refractivity contribution in [2.45, 2.75) is 31.8 Å². The Morgan fingerprint density at radius 2 is 2.07 bits per heavy atom. The smallest absolute Gasteiger partial charge is 0.251 e. The van der Waals surface area contributed by atoms with Gasteiger partial charge in [0.25, 0.3) is 5.56 Å². The monoisotopic (exact) mass is 422 g/mol. The molecule has 0 spiro atoms. The molecule has 0 saturated carbocycles. The first-order valence-corrected chi connectivity index (χ1v) is 10.9. The fourth-order valence-electron chi connectivity index (χ4n) is 4.66. The molecule has 8 nitrogen and oxygen atoms in total. The normalized spacial score (nSPS) is 22.4. The molecular weight excluding hydrogens is 400 g/mol. The number of rotatable bonds is 4. The van der Waals surface area contributed by atoms with E-state index in [0.29, 0.717) is 19.0 Å². The molecule has 3 aromatic rings. The molecule has 30 heavy (non-hydrogen) atoms. The van der Waals surface area contributed by atoms with E-state index in [-0.39, 0.29) is 23.3 Å². The van der Waals surface area contributed by atoms with Crippen molar-refractivity contribution in [3.63, 3.8) is 0 Å². The largest absolute Gasteiger partial charge is 0.349 e. The lowest BCUT2D eigenvalue weighted by Gasteiger charge is -2.46. The molecule has 3 atom stereocenters. The minimum atomic E-state index is -0.559. The maximum atomic E-state index is 13.3. The first-order chi connectivity index (χ1) is 14.6. The van der Waals surface area contributed by atoms with Crippen molar-refractivity contribution in [1.29, 1.82) is 0 Å². The number of hydrogen-bond donors (Lipinski definition) is 1. The van der Waals surface area contributed by atoms with Gasteiger partial charge in [-0.25, -0.2) is 15.0 Å².